The third-order valence-electron chi connectivity index (χ3n) is 4.22. The zero-order valence-electron chi connectivity index (χ0n) is 15.5. The summed E-state index contributed by atoms with van der Waals surface area (Å²) < 4.78 is 11.4. The standard InChI is InChI=1S/C22H31NO2/c1-3-4-5-9-16-23-19(2)20-12-14-22(15-13-20)25-18-17-24-21-10-7-6-8-11-21/h6-8,10-15,19,23H,3-5,9,16-18H2,1-2H3. The molecule has 0 saturated carbocycles. The first-order chi connectivity index (χ1) is 12.3. The lowest BCUT2D eigenvalue weighted by atomic mass is 10.1. The second kappa shape index (κ2) is 11.5. The van der Waals surface area contributed by atoms with Crippen LogP contribution >= 0.6 is 0 Å². The molecular formula is C22H31NO2. The topological polar surface area (TPSA) is 30.5 Å². The zero-order chi connectivity index (χ0) is 17.7. The normalized spacial score (nSPS) is 11.9. The summed E-state index contributed by atoms with van der Waals surface area (Å²) in [4.78, 5) is 0. The molecule has 3 nitrogen and oxygen atoms in total. The van der Waals surface area contributed by atoms with Crippen molar-refractivity contribution in [3.63, 3.8) is 0 Å². The summed E-state index contributed by atoms with van der Waals surface area (Å²) in [6.07, 6.45) is 5.18. The van der Waals surface area contributed by atoms with Crippen LogP contribution in [0.1, 0.15) is 51.1 Å². The summed E-state index contributed by atoms with van der Waals surface area (Å²) in [5, 5.41) is 3.59. The molecule has 2 aromatic rings. The van der Waals surface area contributed by atoms with Crippen molar-refractivity contribution in [3.05, 3.63) is 60.2 Å². The van der Waals surface area contributed by atoms with Crippen LogP contribution in [0.3, 0.4) is 0 Å². The first-order valence-corrected chi connectivity index (χ1v) is 9.43. The second-order valence-corrected chi connectivity index (χ2v) is 6.32. The predicted molar refractivity (Wildman–Crippen MR) is 104 cm³/mol. The van der Waals surface area contributed by atoms with E-state index in [1.54, 1.807) is 0 Å². The van der Waals surface area contributed by atoms with Crippen molar-refractivity contribution >= 4 is 0 Å². The summed E-state index contributed by atoms with van der Waals surface area (Å²) in [6, 6.07) is 18.5. The minimum atomic E-state index is 0.372. The highest BCUT2D eigenvalue weighted by Crippen LogP contribution is 2.18. The molecule has 136 valence electrons. The molecule has 0 radical (unpaired) electrons. The van der Waals surface area contributed by atoms with E-state index in [1.807, 2.05) is 42.5 Å². The summed E-state index contributed by atoms with van der Waals surface area (Å²) in [5.41, 5.74) is 1.29. The van der Waals surface area contributed by atoms with Crippen LogP contribution in [-0.4, -0.2) is 19.8 Å². The lowest BCUT2D eigenvalue weighted by molar-refractivity contribution is 0.217. The Morgan fingerprint density at radius 3 is 2.08 bits per heavy atom. The Balaban J connectivity index is 1.65. The molecule has 0 aliphatic carbocycles. The average molecular weight is 341 g/mol. The first-order valence-electron chi connectivity index (χ1n) is 9.43. The molecule has 0 amide bonds. The molecule has 0 spiro atoms. The van der Waals surface area contributed by atoms with Gasteiger partial charge in [0.2, 0.25) is 0 Å². The molecule has 0 aromatic heterocycles. The number of hydrogen-bond acceptors (Lipinski definition) is 3. The largest absolute Gasteiger partial charge is 0.490 e. The molecule has 0 bridgehead atoms. The van der Waals surface area contributed by atoms with E-state index in [-0.39, 0.29) is 0 Å². The van der Waals surface area contributed by atoms with Crippen LogP contribution in [0.4, 0.5) is 0 Å². The highest BCUT2D eigenvalue weighted by atomic mass is 16.5. The van der Waals surface area contributed by atoms with Crippen LogP contribution < -0.4 is 14.8 Å². The molecule has 1 atom stereocenters. The fraction of sp³-hybridized carbons (Fsp3) is 0.455. The Labute approximate surface area is 152 Å². The van der Waals surface area contributed by atoms with E-state index in [0.717, 1.165) is 18.0 Å². The van der Waals surface area contributed by atoms with Crippen molar-refractivity contribution in [3.8, 4) is 11.5 Å². The Hall–Kier alpha value is -2.00. The van der Waals surface area contributed by atoms with Gasteiger partial charge in [0.05, 0.1) is 0 Å². The van der Waals surface area contributed by atoms with E-state index in [1.165, 1.54) is 31.2 Å². The second-order valence-electron chi connectivity index (χ2n) is 6.32. The van der Waals surface area contributed by atoms with Crippen LogP contribution in [0.25, 0.3) is 0 Å². The van der Waals surface area contributed by atoms with Gasteiger partial charge in [-0.25, -0.2) is 0 Å². The molecule has 3 heteroatoms. The van der Waals surface area contributed by atoms with Gasteiger partial charge in [0.15, 0.2) is 0 Å². The zero-order valence-corrected chi connectivity index (χ0v) is 15.5. The van der Waals surface area contributed by atoms with Crippen LogP contribution in [0.2, 0.25) is 0 Å². The fourth-order valence-electron chi connectivity index (χ4n) is 2.68. The van der Waals surface area contributed by atoms with Crippen molar-refractivity contribution in [2.75, 3.05) is 19.8 Å². The summed E-state index contributed by atoms with van der Waals surface area (Å²) >= 11 is 0. The Kier molecular flexibility index (Phi) is 8.92. The third kappa shape index (κ3) is 7.61. The van der Waals surface area contributed by atoms with Gasteiger partial charge >= 0.3 is 0 Å². The highest BCUT2D eigenvalue weighted by molar-refractivity contribution is 5.29. The van der Waals surface area contributed by atoms with E-state index in [9.17, 15) is 0 Å². The molecule has 1 N–H and O–H groups in total. The Bertz CT molecular complexity index is 568. The Morgan fingerprint density at radius 1 is 0.800 bits per heavy atom. The van der Waals surface area contributed by atoms with Gasteiger partial charge in [-0.05, 0) is 49.7 Å². The molecule has 1 unspecified atom stereocenters. The molecule has 0 heterocycles. The molecule has 0 saturated heterocycles. The van der Waals surface area contributed by atoms with Crippen molar-refractivity contribution in [1.29, 1.82) is 0 Å². The Morgan fingerprint density at radius 2 is 1.44 bits per heavy atom. The third-order valence-corrected chi connectivity index (χ3v) is 4.22. The molecule has 2 rings (SSSR count). The number of ether oxygens (including phenoxy) is 2. The maximum Gasteiger partial charge on any atom is 0.122 e. The smallest absolute Gasteiger partial charge is 0.122 e. The van der Waals surface area contributed by atoms with Gasteiger partial charge in [-0.1, -0.05) is 56.5 Å². The lowest BCUT2D eigenvalue weighted by Gasteiger charge is -2.15. The number of hydrogen-bond donors (Lipinski definition) is 1. The maximum atomic E-state index is 5.74. The van der Waals surface area contributed by atoms with Gasteiger partial charge in [0.25, 0.3) is 0 Å². The van der Waals surface area contributed by atoms with E-state index in [4.69, 9.17) is 9.47 Å². The van der Waals surface area contributed by atoms with E-state index >= 15 is 0 Å². The molecular weight excluding hydrogens is 310 g/mol. The van der Waals surface area contributed by atoms with Crippen molar-refractivity contribution in [2.45, 2.75) is 45.6 Å². The monoisotopic (exact) mass is 341 g/mol. The number of unbranched alkanes of at least 4 members (excludes halogenated alkanes) is 3. The van der Waals surface area contributed by atoms with Gasteiger partial charge in [0, 0.05) is 6.04 Å². The number of rotatable bonds is 12. The average Bonchev–Trinajstić information content (AvgIpc) is 2.66. The van der Waals surface area contributed by atoms with Gasteiger partial charge in [-0.3, -0.25) is 0 Å². The number of para-hydroxylation sites is 1. The minimum Gasteiger partial charge on any atom is -0.490 e. The summed E-state index contributed by atoms with van der Waals surface area (Å²) in [7, 11) is 0. The lowest BCUT2D eigenvalue weighted by Crippen LogP contribution is -2.19. The van der Waals surface area contributed by atoms with Gasteiger partial charge in [-0.2, -0.15) is 0 Å². The molecule has 0 fully saturated rings. The maximum absolute atomic E-state index is 5.74. The van der Waals surface area contributed by atoms with Crippen molar-refractivity contribution in [1.82, 2.24) is 5.32 Å². The van der Waals surface area contributed by atoms with E-state index in [0.29, 0.717) is 19.3 Å². The SMILES string of the molecule is CCCCCCNC(C)c1ccc(OCCOc2ccccc2)cc1. The van der Waals surface area contributed by atoms with Crippen LogP contribution in [0.5, 0.6) is 11.5 Å². The molecule has 0 aliphatic rings. The quantitative estimate of drug-likeness (QED) is 0.526. The number of benzene rings is 2. The van der Waals surface area contributed by atoms with Gasteiger partial charge in [0.1, 0.15) is 24.7 Å². The predicted octanol–water partition coefficient (Wildman–Crippen LogP) is 5.38. The van der Waals surface area contributed by atoms with Crippen LogP contribution in [0.15, 0.2) is 54.6 Å². The van der Waals surface area contributed by atoms with Crippen molar-refractivity contribution < 1.29 is 9.47 Å². The van der Waals surface area contributed by atoms with Gasteiger partial charge < -0.3 is 14.8 Å². The van der Waals surface area contributed by atoms with Crippen molar-refractivity contribution in [2.24, 2.45) is 0 Å². The molecule has 2 aromatic carbocycles. The van der Waals surface area contributed by atoms with Gasteiger partial charge in [-0.15, -0.1) is 0 Å². The minimum absolute atomic E-state index is 0.372. The summed E-state index contributed by atoms with van der Waals surface area (Å²) in [6.45, 7) is 6.62. The number of nitrogens with one attached hydrogen (secondary N) is 1. The van der Waals surface area contributed by atoms with Crippen LogP contribution in [-0.2, 0) is 0 Å². The highest BCUT2D eigenvalue weighted by Gasteiger charge is 2.04. The molecule has 25 heavy (non-hydrogen) atoms. The summed E-state index contributed by atoms with van der Waals surface area (Å²) in [5.74, 6) is 1.76. The molecule has 0 aliphatic heterocycles. The fourth-order valence-corrected chi connectivity index (χ4v) is 2.68. The van der Waals surface area contributed by atoms with Crippen LogP contribution in [0, 0.1) is 0 Å². The van der Waals surface area contributed by atoms with E-state index < -0.39 is 0 Å². The van der Waals surface area contributed by atoms with E-state index in [2.05, 4.69) is 31.3 Å². The first kappa shape index (κ1) is 19.3.